The van der Waals surface area contributed by atoms with Gasteiger partial charge in [0, 0.05) is 30.8 Å². The third-order valence-electron chi connectivity index (χ3n) is 3.53. The van der Waals surface area contributed by atoms with Crippen molar-refractivity contribution in [2.45, 2.75) is 31.7 Å². The van der Waals surface area contributed by atoms with Crippen LogP contribution in [0, 0.1) is 5.92 Å². The van der Waals surface area contributed by atoms with E-state index < -0.39 is 11.9 Å². The van der Waals surface area contributed by atoms with Gasteiger partial charge >= 0.3 is 0 Å². The van der Waals surface area contributed by atoms with Gasteiger partial charge in [0.25, 0.3) is 5.91 Å². The molecule has 0 bridgehead atoms. The van der Waals surface area contributed by atoms with Gasteiger partial charge in [-0.25, -0.2) is 0 Å². The molecule has 2 atom stereocenters. The Morgan fingerprint density at radius 1 is 1.35 bits per heavy atom. The third-order valence-corrected chi connectivity index (χ3v) is 3.53. The SMILES string of the molecule is NC(=O)[C@H](NC(=O)c1ccncc1)[C@@H]1CCCC(=O)C1. The van der Waals surface area contributed by atoms with E-state index in [0.29, 0.717) is 18.4 Å². The van der Waals surface area contributed by atoms with E-state index in [1.54, 1.807) is 12.1 Å². The van der Waals surface area contributed by atoms with Crippen molar-refractivity contribution in [3.63, 3.8) is 0 Å². The van der Waals surface area contributed by atoms with Gasteiger partial charge in [-0.2, -0.15) is 0 Å². The minimum atomic E-state index is -0.806. The van der Waals surface area contributed by atoms with Crippen molar-refractivity contribution in [1.29, 1.82) is 0 Å². The van der Waals surface area contributed by atoms with E-state index in [4.69, 9.17) is 5.73 Å². The van der Waals surface area contributed by atoms with Crippen LogP contribution < -0.4 is 11.1 Å². The Morgan fingerprint density at radius 3 is 2.65 bits per heavy atom. The fraction of sp³-hybridized carbons (Fsp3) is 0.429. The molecular weight excluding hydrogens is 258 g/mol. The van der Waals surface area contributed by atoms with E-state index in [-0.39, 0.29) is 17.6 Å². The van der Waals surface area contributed by atoms with E-state index in [0.717, 1.165) is 12.8 Å². The number of aromatic nitrogens is 1. The van der Waals surface area contributed by atoms with Crippen LogP contribution in [-0.2, 0) is 9.59 Å². The van der Waals surface area contributed by atoms with Crippen LogP contribution in [0.4, 0.5) is 0 Å². The highest BCUT2D eigenvalue weighted by molar-refractivity contribution is 5.97. The molecule has 0 aromatic carbocycles. The summed E-state index contributed by atoms with van der Waals surface area (Å²) in [5.41, 5.74) is 5.77. The largest absolute Gasteiger partial charge is 0.368 e. The number of amides is 2. The van der Waals surface area contributed by atoms with Gasteiger partial charge in [0.2, 0.25) is 5.91 Å². The third kappa shape index (κ3) is 3.40. The van der Waals surface area contributed by atoms with Gasteiger partial charge in [-0.15, -0.1) is 0 Å². The minimum absolute atomic E-state index is 0.116. The summed E-state index contributed by atoms with van der Waals surface area (Å²) in [7, 11) is 0. The zero-order valence-corrected chi connectivity index (χ0v) is 11.0. The first-order chi connectivity index (χ1) is 9.58. The smallest absolute Gasteiger partial charge is 0.252 e. The van der Waals surface area contributed by atoms with Gasteiger partial charge in [-0.05, 0) is 30.9 Å². The van der Waals surface area contributed by atoms with Crippen LogP contribution in [0.2, 0.25) is 0 Å². The van der Waals surface area contributed by atoms with Crippen molar-refractivity contribution in [3.8, 4) is 0 Å². The number of Topliss-reactive ketones (excluding diaryl/α,β-unsaturated/α-hetero) is 1. The van der Waals surface area contributed by atoms with Crippen LogP contribution in [0.1, 0.15) is 36.0 Å². The van der Waals surface area contributed by atoms with Crippen molar-refractivity contribution >= 4 is 17.6 Å². The first-order valence-electron chi connectivity index (χ1n) is 6.60. The second-order valence-electron chi connectivity index (χ2n) is 4.98. The number of nitrogens with one attached hydrogen (secondary N) is 1. The normalized spacial score (nSPS) is 20.2. The van der Waals surface area contributed by atoms with Crippen molar-refractivity contribution in [2.75, 3.05) is 0 Å². The summed E-state index contributed by atoms with van der Waals surface area (Å²) in [5.74, 6) is -1.08. The quantitative estimate of drug-likeness (QED) is 0.831. The first kappa shape index (κ1) is 14.2. The number of carbonyl (C=O) groups is 3. The topological polar surface area (TPSA) is 102 Å². The highest BCUT2D eigenvalue weighted by Gasteiger charge is 2.32. The number of hydrogen-bond acceptors (Lipinski definition) is 4. The lowest BCUT2D eigenvalue weighted by atomic mass is 9.82. The molecule has 1 aliphatic carbocycles. The highest BCUT2D eigenvalue weighted by Crippen LogP contribution is 2.24. The second kappa shape index (κ2) is 6.27. The lowest BCUT2D eigenvalue weighted by Gasteiger charge is -2.28. The average Bonchev–Trinajstić information content (AvgIpc) is 2.45. The Bertz CT molecular complexity index is 516. The molecule has 1 aromatic rings. The van der Waals surface area contributed by atoms with Crippen LogP contribution >= 0.6 is 0 Å². The van der Waals surface area contributed by atoms with Crippen molar-refractivity contribution in [3.05, 3.63) is 30.1 Å². The first-order valence-corrected chi connectivity index (χ1v) is 6.60. The molecule has 0 saturated heterocycles. The van der Waals surface area contributed by atoms with Crippen LogP contribution in [0.5, 0.6) is 0 Å². The molecule has 0 aliphatic heterocycles. The number of pyridine rings is 1. The number of rotatable bonds is 4. The van der Waals surface area contributed by atoms with Crippen LogP contribution in [0.25, 0.3) is 0 Å². The molecule has 6 nitrogen and oxygen atoms in total. The average molecular weight is 275 g/mol. The molecule has 3 N–H and O–H groups in total. The summed E-state index contributed by atoms with van der Waals surface area (Å²) >= 11 is 0. The molecule has 1 aliphatic rings. The van der Waals surface area contributed by atoms with E-state index in [1.165, 1.54) is 12.4 Å². The molecule has 6 heteroatoms. The van der Waals surface area contributed by atoms with Crippen molar-refractivity contribution in [1.82, 2.24) is 10.3 Å². The molecule has 1 fully saturated rings. The number of nitrogens with two attached hydrogens (primary N) is 1. The summed E-state index contributed by atoms with van der Waals surface area (Å²) in [6, 6.07) is 2.30. The predicted octanol–water partition coefficient (Wildman–Crippen LogP) is 0.425. The second-order valence-corrected chi connectivity index (χ2v) is 4.98. The fourth-order valence-electron chi connectivity index (χ4n) is 2.49. The molecule has 106 valence electrons. The lowest BCUT2D eigenvalue weighted by molar-refractivity contribution is -0.124. The minimum Gasteiger partial charge on any atom is -0.368 e. The van der Waals surface area contributed by atoms with Crippen LogP contribution in [-0.4, -0.2) is 28.6 Å². The monoisotopic (exact) mass is 275 g/mol. The maximum absolute atomic E-state index is 12.1. The Morgan fingerprint density at radius 2 is 2.05 bits per heavy atom. The van der Waals surface area contributed by atoms with E-state index in [2.05, 4.69) is 10.3 Å². The van der Waals surface area contributed by atoms with Crippen LogP contribution in [0.15, 0.2) is 24.5 Å². The number of ketones is 1. The molecule has 2 rings (SSSR count). The molecule has 0 radical (unpaired) electrons. The predicted molar refractivity (Wildman–Crippen MR) is 71.7 cm³/mol. The van der Waals surface area contributed by atoms with Gasteiger partial charge < -0.3 is 11.1 Å². The molecule has 0 unspecified atom stereocenters. The van der Waals surface area contributed by atoms with Crippen molar-refractivity contribution < 1.29 is 14.4 Å². The molecule has 0 spiro atoms. The summed E-state index contributed by atoms with van der Waals surface area (Å²) in [5, 5.41) is 2.63. The highest BCUT2D eigenvalue weighted by atomic mass is 16.2. The Hall–Kier alpha value is -2.24. The summed E-state index contributed by atoms with van der Waals surface area (Å²) in [4.78, 5) is 38.9. The zero-order chi connectivity index (χ0) is 14.5. The number of nitrogens with zero attached hydrogens (tertiary/aromatic N) is 1. The van der Waals surface area contributed by atoms with Gasteiger partial charge in [-0.3, -0.25) is 19.4 Å². The summed E-state index contributed by atoms with van der Waals surface area (Å²) in [6.45, 7) is 0. The summed E-state index contributed by atoms with van der Waals surface area (Å²) in [6.07, 6.45) is 5.29. The maximum Gasteiger partial charge on any atom is 0.252 e. The molecule has 20 heavy (non-hydrogen) atoms. The maximum atomic E-state index is 12.1. The molecule has 1 saturated carbocycles. The number of carbonyl (C=O) groups excluding carboxylic acids is 3. The summed E-state index contributed by atoms with van der Waals surface area (Å²) < 4.78 is 0. The molecule has 2 amide bonds. The van der Waals surface area contributed by atoms with E-state index >= 15 is 0 Å². The van der Waals surface area contributed by atoms with Gasteiger partial charge in [0.15, 0.2) is 0 Å². The standard InChI is InChI=1S/C14H17N3O3/c15-13(19)12(10-2-1-3-11(18)8-10)17-14(20)9-4-6-16-7-5-9/h4-7,10,12H,1-3,8H2,(H2,15,19)(H,17,20)/t10-,12-/m1/s1. The van der Waals surface area contributed by atoms with Gasteiger partial charge in [0.1, 0.15) is 11.8 Å². The Kier molecular flexibility index (Phi) is 4.45. The van der Waals surface area contributed by atoms with Gasteiger partial charge in [-0.1, -0.05) is 0 Å². The fourth-order valence-corrected chi connectivity index (χ4v) is 2.49. The zero-order valence-electron chi connectivity index (χ0n) is 11.0. The van der Waals surface area contributed by atoms with Crippen molar-refractivity contribution in [2.24, 2.45) is 11.7 Å². The molecule has 1 aromatic heterocycles. The van der Waals surface area contributed by atoms with E-state index in [9.17, 15) is 14.4 Å². The number of primary amides is 1. The van der Waals surface area contributed by atoms with Crippen LogP contribution in [0.3, 0.4) is 0 Å². The Balaban J connectivity index is 2.08. The van der Waals surface area contributed by atoms with Gasteiger partial charge in [0.05, 0.1) is 0 Å². The molecule has 1 heterocycles. The molecular formula is C14H17N3O3. The lowest BCUT2D eigenvalue weighted by Crippen LogP contribution is -2.50. The number of hydrogen-bond donors (Lipinski definition) is 2. The Labute approximate surface area is 116 Å². The van der Waals surface area contributed by atoms with E-state index in [1.807, 2.05) is 0 Å².